The maximum atomic E-state index is 12.4. The molecule has 1 N–H and O–H groups in total. The van der Waals surface area contributed by atoms with Crippen LogP contribution in [0.3, 0.4) is 0 Å². The Hall–Kier alpha value is -2.99. The van der Waals surface area contributed by atoms with Gasteiger partial charge in [0.05, 0.1) is 11.1 Å². The number of hydrogen-bond donors (Lipinski definition) is 1. The Kier molecular flexibility index (Phi) is 7.95. The molecule has 0 radical (unpaired) electrons. The van der Waals surface area contributed by atoms with E-state index in [2.05, 4.69) is 36.2 Å². The number of hydrogen-bond acceptors (Lipinski definition) is 4. The molecule has 1 aliphatic heterocycles. The molecule has 0 aliphatic carbocycles. The van der Waals surface area contributed by atoms with Crippen molar-refractivity contribution in [1.29, 1.82) is 0 Å². The van der Waals surface area contributed by atoms with Gasteiger partial charge < -0.3 is 5.32 Å². The lowest BCUT2D eigenvalue weighted by Gasteiger charge is -2.30. The van der Waals surface area contributed by atoms with Crippen molar-refractivity contribution in [3.63, 3.8) is 0 Å². The van der Waals surface area contributed by atoms with Crippen molar-refractivity contribution >= 4 is 17.7 Å². The number of imide groups is 1. The van der Waals surface area contributed by atoms with E-state index >= 15 is 0 Å². The molecule has 0 saturated carbocycles. The van der Waals surface area contributed by atoms with Crippen LogP contribution in [0.2, 0.25) is 0 Å². The quantitative estimate of drug-likeness (QED) is 0.566. The Labute approximate surface area is 184 Å². The first kappa shape index (κ1) is 22.7. The smallest absolute Gasteiger partial charge is 0.261 e. The van der Waals surface area contributed by atoms with E-state index in [1.165, 1.54) is 10.5 Å². The highest BCUT2D eigenvalue weighted by Gasteiger charge is 2.34. The Balaban J connectivity index is 1.48. The van der Waals surface area contributed by atoms with Crippen molar-refractivity contribution in [2.45, 2.75) is 39.2 Å². The molecule has 164 valence electrons. The summed E-state index contributed by atoms with van der Waals surface area (Å²) in [6.07, 6.45) is 1.60. The highest BCUT2D eigenvalue weighted by atomic mass is 16.2. The Bertz CT molecular complexity index is 874. The van der Waals surface area contributed by atoms with Gasteiger partial charge in [0.15, 0.2) is 0 Å². The summed E-state index contributed by atoms with van der Waals surface area (Å²) in [6, 6.07) is 17.4. The van der Waals surface area contributed by atoms with Gasteiger partial charge in [-0.2, -0.15) is 0 Å². The molecule has 6 heteroatoms. The number of nitrogens with one attached hydrogen (secondary N) is 1. The van der Waals surface area contributed by atoms with E-state index in [4.69, 9.17) is 0 Å². The summed E-state index contributed by atoms with van der Waals surface area (Å²) in [7, 11) is 0. The second kappa shape index (κ2) is 10.9. The van der Waals surface area contributed by atoms with Crippen LogP contribution in [0, 0.1) is 0 Å². The number of fused-ring (bicyclic) bond motifs is 1. The molecule has 1 heterocycles. The van der Waals surface area contributed by atoms with Crippen molar-refractivity contribution in [2.75, 3.05) is 26.2 Å². The molecular formula is C25H31N3O3. The molecule has 0 fully saturated rings. The number of nitrogens with zero attached hydrogens (tertiary/aromatic N) is 2. The largest absolute Gasteiger partial charge is 0.355 e. The van der Waals surface area contributed by atoms with Crippen LogP contribution in [0.15, 0.2) is 54.6 Å². The van der Waals surface area contributed by atoms with E-state index < -0.39 is 0 Å². The summed E-state index contributed by atoms with van der Waals surface area (Å²) in [6.45, 7) is 6.93. The Morgan fingerprint density at radius 3 is 2.10 bits per heavy atom. The summed E-state index contributed by atoms with van der Waals surface area (Å²) < 4.78 is 0. The highest BCUT2D eigenvalue weighted by Crippen LogP contribution is 2.22. The van der Waals surface area contributed by atoms with Crippen LogP contribution in [-0.4, -0.2) is 59.7 Å². The van der Waals surface area contributed by atoms with Gasteiger partial charge in [0, 0.05) is 25.6 Å². The summed E-state index contributed by atoms with van der Waals surface area (Å²) >= 11 is 0. The molecule has 0 saturated heterocycles. The molecule has 2 aromatic rings. The molecule has 0 bridgehead atoms. The first-order valence-electron chi connectivity index (χ1n) is 11.0. The van der Waals surface area contributed by atoms with E-state index in [1.54, 1.807) is 24.3 Å². The summed E-state index contributed by atoms with van der Waals surface area (Å²) in [4.78, 5) is 40.9. The predicted molar refractivity (Wildman–Crippen MR) is 121 cm³/mol. The minimum Gasteiger partial charge on any atom is -0.355 e. The van der Waals surface area contributed by atoms with Gasteiger partial charge >= 0.3 is 0 Å². The van der Waals surface area contributed by atoms with Gasteiger partial charge in [-0.1, -0.05) is 56.3 Å². The van der Waals surface area contributed by atoms with E-state index in [0.29, 0.717) is 24.1 Å². The van der Waals surface area contributed by atoms with E-state index in [-0.39, 0.29) is 36.7 Å². The van der Waals surface area contributed by atoms with Crippen LogP contribution in [0.25, 0.3) is 0 Å². The fraction of sp³-hybridized carbons (Fsp3) is 0.400. The lowest BCUT2D eigenvalue weighted by Crippen LogP contribution is -2.45. The second-order valence-corrected chi connectivity index (χ2v) is 7.78. The zero-order valence-electron chi connectivity index (χ0n) is 18.3. The van der Waals surface area contributed by atoms with Crippen molar-refractivity contribution in [1.82, 2.24) is 15.1 Å². The standard InChI is InChI=1S/C25H31N3O3/c1-3-27(4-2)20(17-19-11-6-5-7-12-19)18-26-23(29)15-10-16-28-24(30)21-13-8-9-14-22(21)25(28)31/h5-9,11-14,20H,3-4,10,15-18H2,1-2H3,(H,26,29). The van der Waals surface area contributed by atoms with Gasteiger partial charge in [-0.25, -0.2) is 0 Å². The maximum absolute atomic E-state index is 12.4. The van der Waals surface area contributed by atoms with Crippen molar-refractivity contribution < 1.29 is 14.4 Å². The van der Waals surface area contributed by atoms with E-state index in [9.17, 15) is 14.4 Å². The van der Waals surface area contributed by atoms with Gasteiger partial charge in [0.2, 0.25) is 5.91 Å². The fourth-order valence-corrected chi connectivity index (χ4v) is 4.12. The van der Waals surface area contributed by atoms with E-state index in [0.717, 1.165) is 19.5 Å². The third-order valence-corrected chi connectivity index (χ3v) is 5.84. The molecule has 0 aromatic heterocycles. The van der Waals surface area contributed by atoms with Crippen LogP contribution < -0.4 is 5.32 Å². The molecule has 0 spiro atoms. The van der Waals surface area contributed by atoms with Gasteiger partial charge in [-0.3, -0.25) is 24.2 Å². The monoisotopic (exact) mass is 421 g/mol. The Morgan fingerprint density at radius 2 is 1.52 bits per heavy atom. The zero-order chi connectivity index (χ0) is 22.2. The lowest BCUT2D eigenvalue weighted by atomic mass is 10.0. The SMILES string of the molecule is CCN(CC)C(CNC(=O)CCCN1C(=O)c2ccccc2C1=O)Cc1ccccc1. The summed E-state index contributed by atoms with van der Waals surface area (Å²) in [5.74, 6) is -0.599. The predicted octanol–water partition coefficient (Wildman–Crippen LogP) is 3.13. The third kappa shape index (κ3) is 5.58. The van der Waals surface area contributed by atoms with Crippen LogP contribution in [0.5, 0.6) is 0 Å². The Morgan fingerprint density at radius 1 is 0.935 bits per heavy atom. The van der Waals surface area contributed by atoms with Crippen molar-refractivity contribution in [3.05, 3.63) is 71.3 Å². The number of amides is 3. The second-order valence-electron chi connectivity index (χ2n) is 7.78. The molecule has 31 heavy (non-hydrogen) atoms. The van der Waals surface area contributed by atoms with Crippen LogP contribution in [0.4, 0.5) is 0 Å². The molecular weight excluding hydrogens is 390 g/mol. The number of likely N-dealkylation sites (N-methyl/N-ethyl adjacent to an activating group) is 1. The normalized spacial score (nSPS) is 14.1. The minimum absolute atomic E-state index is 0.0539. The molecule has 3 amide bonds. The number of carbonyl (C=O) groups excluding carboxylic acids is 3. The lowest BCUT2D eigenvalue weighted by molar-refractivity contribution is -0.121. The molecule has 2 aromatic carbocycles. The highest BCUT2D eigenvalue weighted by molar-refractivity contribution is 6.21. The molecule has 3 rings (SSSR count). The van der Waals surface area contributed by atoms with Crippen LogP contribution in [0.1, 0.15) is 53.0 Å². The van der Waals surface area contributed by atoms with Gasteiger partial charge in [0.25, 0.3) is 11.8 Å². The van der Waals surface area contributed by atoms with Crippen LogP contribution >= 0.6 is 0 Å². The van der Waals surface area contributed by atoms with Gasteiger partial charge in [-0.15, -0.1) is 0 Å². The van der Waals surface area contributed by atoms with Crippen molar-refractivity contribution in [2.24, 2.45) is 0 Å². The number of carbonyl (C=O) groups is 3. The first-order chi connectivity index (χ1) is 15.0. The van der Waals surface area contributed by atoms with Gasteiger partial charge in [0.1, 0.15) is 0 Å². The number of benzene rings is 2. The van der Waals surface area contributed by atoms with Crippen LogP contribution in [-0.2, 0) is 11.2 Å². The van der Waals surface area contributed by atoms with E-state index in [1.807, 2.05) is 18.2 Å². The van der Waals surface area contributed by atoms with Crippen molar-refractivity contribution in [3.8, 4) is 0 Å². The average Bonchev–Trinajstić information content (AvgIpc) is 3.04. The summed E-state index contributed by atoms with van der Waals surface area (Å²) in [5, 5.41) is 3.05. The fourth-order valence-electron chi connectivity index (χ4n) is 4.12. The third-order valence-electron chi connectivity index (χ3n) is 5.84. The molecule has 1 aliphatic rings. The first-order valence-corrected chi connectivity index (χ1v) is 11.0. The minimum atomic E-state index is -0.273. The average molecular weight is 422 g/mol. The maximum Gasteiger partial charge on any atom is 0.261 e. The molecule has 6 nitrogen and oxygen atoms in total. The molecule has 1 atom stereocenters. The zero-order valence-corrected chi connectivity index (χ0v) is 18.3. The summed E-state index contributed by atoms with van der Waals surface area (Å²) in [5.41, 5.74) is 2.14. The molecule has 1 unspecified atom stereocenters. The topological polar surface area (TPSA) is 69.7 Å². The van der Waals surface area contributed by atoms with Gasteiger partial charge in [-0.05, 0) is 43.6 Å². The number of rotatable bonds is 11.